The Kier molecular flexibility index (Phi) is 8.16. The van der Waals surface area contributed by atoms with Gasteiger partial charge in [-0.1, -0.05) is 55.5 Å². The van der Waals surface area contributed by atoms with Crippen molar-refractivity contribution in [1.29, 1.82) is 0 Å². The normalized spacial score (nSPS) is 14.1. The minimum absolute atomic E-state index is 0.0805. The number of rotatable bonds is 10. The molecule has 0 saturated carbocycles. The van der Waals surface area contributed by atoms with Gasteiger partial charge in [0.2, 0.25) is 5.91 Å². The molecule has 2 aromatic carbocycles. The molecule has 0 unspecified atom stereocenters. The number of ether oxygens (including phenoxy) is 1. The van der Waals surface area contributed by atoms with Crippen LogP contribution >= 0.6 is 11.8 Å². The van der Waals surface area contributed by atoms with E-state index in [1.807, 2.05) is 42.7 Å². The van der Waals surface area contributed by atoms with Gasteiger partial charge in [-0.25, -0.2) is 9.59 Å². The molecule has 7 nitrogen and oxygen atoms in total. The minimum atomic E-state index is -1.11. The fourth-order valence-corrected chi connectivity index (χ4v) is 4.37. The Morgan fingerprint density at radius 2 is 1.59 bits per heavy atom. The molecular weight excluding hydrogens is 428 g/mol. The van der Waals surface area contributed by atoms with E-state index in [4.69, 9.17) is 4.74 Å². The number of alkyl carbamates (subject to hydrolysis) is 1. The predicted octanol–water partition coefficient (Wildman–Crippen LogP) is 3.63. The first-order valence-corrected chi connectivity index (χ1v) is 12.0. The highest BCUT2D eigenvalue weighted by Gasteiger charge is 2.30. The van der Waals surface area contributed by atoms with Gasteiger partial charge in [0.1, 0.15) is 18.7 Å². The Hall–Kier alpha value is -3.00. The van der Waals surface area contributed by atoms with Gasteiger partial charge >= 0.3 is 12.1 Å². The molecule has 2 atom stereocenters. The van der Waals surface area contributed by atoms with Crippen LogP contribution in [0, 0.1) is 0 Å². The second kappa shape index (κ2) is 11.0. The quantitative estimate of drug-likeness (QED) is 0.504. The summed E-state index contributed by atoms with van der Waals surface area (Å²) in [4.78, 5) is 36.4. The van der Waals surface area contributed by atoms with Crippen LogP contribution in [0.4, 0.5) is 4.79 Å². The molecule has 0 spiro atoms. The lowest BCUT2D eigenvalue weighted by Crippen LogP contribution is -2.51. The van der Waals surface area contributed by atoms with Crippen LogP contribution in [0.5, 0.6) is 0 Å². The van der Waals surface area contributed by atoms with E-state index in [9.17, 15) is 19.5 Å². The number of nitrogens with one attached hydrogen (secondary N) is 2. The summed E-state index contributed by atoms with van der Waals surface area (Å²) in [5.74, 6) is -1.08. The molecule has 2 amide bonds. The average Bonchev–Trinajstić information content (AvgIpc) is 3.12. The maximum Gasteiger partial charge on any atom is 0.407 e. The molecule has 8 heteroatoms. The fraction of sp³-hybridized carbons (Fsp3) is 0.375. The molecule has 170 valence electrons. The van der Waals surface area contributed by atoms with Crippen LogP contribution in [-0.4, -0.2) is 53.8 Å². The molecular formula is C24H28N2O5S. The van der Waals surface area contributed by atoms with Crippen LogP contribution in [0.25, 0.3) is 11.1 Å². The number of fused-ring (bicyclic) bond motifs is 3. The zero-order valence-corrected chi connectivity index (χ0v) is 19.0. The highest BCUT2D eigenvalue weighted by molar-refractivity contribution is 7.98. The highest BCUT2D eigenvalue weighted by atomic mass is 32.2. The van der Waals surface area contributed by atoms with E-state index in [-0.39, 0.29) is 18.9 Å². The number of amides is 2. The van der Waals surface area contributed by atoms with Crippen molar-refractivity contribution in [3.63, 3.8) is 0 Å². The van der Waals surface area contributed by atoms with Crippen molar-refractivity contribution < 1.29 is 24.2 Å². The van der Waals surface area contributed by atoms with Gasteiger partial charge in [0.05, 0.1) is 0 Å². The zero-order valence-electron chi connectivity index (χ0n) is 18.2. The van der Waals surface area contributed by atoms with E-state index in [2.05, 4.69) is 22.8 Å². The van der Waals surface area contributed by atoms with Crippen LogP contribution in [0.3, 0.4) is 0 Å². The van der Waals surface area contributed by atoms with Crippen molar-refractivity contribution in [3.8, 4) is 11.1 Å². The van der Waals surface area contributed by atoms with Gasteiger partial charge < -0.3 is 20.5 Å². The molecule has 0 saturated heterocycles. The monoisotopic (exact) mass is 456 g/mol. The summed E-state index contributed by atoms with van der Waals surface area (Å²) < 4.78 is 5.53. The van der Waals surface area contributed by atoms with Gasteiger partial charge in [-0.05, 0) is 47.1 Å². The van der Waals surface area contributed by atoms with Gasteiger partial charge in [0.15, 0.2) is 0 Å². The van der Waals surface area contributed by atoms with Crippen LogP contribution in [0.1, 0.15) is 36.8 Å². The topological polar surface area (TPSA) is 105 Å². The molecule has 0 fully saturated rings. The van der Waals surface area contributed by atoms with Crippen molar-refractivity contribution >= 4 is 29.7 Å². The number of thioether (sulfide) groups is 1. The summed E-state index contributed by atoms with van der Waals surface area (Å²) in [6.45, 7) is 1.82. The molecule has 1 aliphatic carbocycles. The van der Waals surface area contributed by atoms with Crippen LogP contribution < -0.4 is 10.6 Å². The van der Waals surface area contributed by atoms with Gasteiger partial charge in [0, 0.05) is 5.92 Å². The maximum atomic E-state index is 12.6. The van der Waals surface area contributed by atoms with Gasteiger partial charge in [-0.3, -0.25) is 4.79 Å². The largest absolute Gasteiger partial charge is 0.480 e. The molecule has 0 bridgehead atoms. The number of benzene rings is 2. The van der Waals surface area contributed by atoms with Crippen molar-refractivity contribution in [2.75, 3.05) is 18.6 Å². The molecule has 2 aromatic rings. The van der Waals surface area contributed by atoms with E-state index in [0.29, 0.717) is 12.2 Å². The molecule has 32 heavy (non-hydrogen) atoms. The third-order valence-electron chi connectivity index (χ3n) is 5.59. The van der Waals surface area contributed by atoms with Crippen molar-refractivity contribution in [3.05, 3.63) is 59.7 Å². The lowest BCUT2D eigenvalue weighted by molar-refractivity contribution is -0.142. The third kappa shape index (κ3) is 5.43. The lowest BCUT2D eigenvalue weighted by Gasteiger charge is -2.21. The Morgan fingerprint density at radius 1 is 1.00 bits per heavy atom. The minimum Gasteiger partial charge on any atom is -0.480 e. The second-order valence-corrected chi connectivity index (χ2v) is 8.60. The SMILES string of the molecule is CC[C@H](NC(=O)[C@@H](CCSC)NC(=O)OCC1c2ccccc2-c2ccccc21)C(=O)O. The number of hydrogen-bond donors (Lipinski definition) is 3. The van der Waals surface area contributed by atoms with Gasteiger partial charge in [-0.15, -0.1) is 0 Å². The highest BCUT2D eigenvalue weighted by Crippen LogP contribution is 2.44. The number of carbonyl (C=O) groups is 3. The first-order valence-electron chi connectivity index (χ1n) is 10.6. The number of aliphatic carboxylic acids is 1. The standard InChI is InChI=1S/C24H28N2O5S/c1-3-20(23(28)29)25-22(27)21(12-13-32-2)26-24(30)31-14-19-17-10-6-4-8-15(17)16-9-5-7-11-18(16)19/h4-11,19-21H,3,12-14H2,1-2H3,(H,25,27)(H,26,30)(H,28,29)/t20-,21+/m0/s1. The van der Waals surface area contributed by atoms with Crippen molar-refractivity contribution in [1.82, 2.24) is 10.6 Å². The Morgan fingerprint density at radius 3 is 2.12 bits per heavy atom. The molecule has 0 aliphatic heterocycles. The van der Waals surface area contributed by atoms with Crippen LogP contribution in [0.2, 0.25) is 0 Å². The number of carboxylic acid groups (broad SMARTS) is 1. The van der Waals surface area contributed by atoms with E-state index < -0.39 is 30.1 Å². The smallest absolute Gasteiger partial charge is 0.407 e. The van der Waals surface area contributed by atoms with E-state index in [1.165, 1.54) is 11.8 Å². The van der Waals surface area contributed by atoms with Gasteiger partial charge in [0.25, 0.3) is 0 Å². The molecule has 0 aromatic heterocycles. The molecule has 3 N–H and O–H groups in total. The summed E-state index contributed by atoms with van der Waals surface area (Å²) in [5, 5.41) is 14.3. The second-order valence-electron chi connectivity index (χ2n) is 7.61. The first kappa shape index (κ1) is 23.7. The predicted molar refractivity (Wildman–Crippen MR) is 125 cm³/mol. The van der Waals surface area contributed by atoms with E-state index in [1.54, 1.807) is 6.92 Å². The first-order chi connectivity index (χ1) is 15.5. The Bertz CT molecular complexity index is 935. The summed E-state index contributed by atoms with van der Waals surface area (Å²) in [7, 11) is 0. The van der Waals surface area contributed by atoms with E-state index in [0.717, 1.165) is 22.3 Å². The zero-order chi connectivity index (χ0) is 23.1. The molecule has 0 radical (unpaired) electrons. The molecule has 3 rings (SSSR count). The number of carboxylic acids is 1. The van der Waals surface area contributed by atoms with Crippen LogP contribution in [0.15, 0.2) is 48.5 Å². The van der Waals surface area contributed by atoms with Gasteiger partial charge in [-0.2, -0.15) is 11.8 Å². The number of carbonyl (C=O) groups excluding carboxylic acids is 2. The van der Waals surface area contributed by atoms with Crippen molar-refractivity contribution in [2.24, 2.45) is 0 Å². The van der Waals surface area contributed by atoms with E-state index >= 15 is 0 Å². The third-order valence-corrected chi connectivity index (χ3v) is 6.23. The fourth-order valence-electron chi connectivity index (χ4n) is 3.90. The Balaban J connectivity index is 1.65. The summed E-state index contributed by atoms with van der Waals surface area (Å²) in [6.07, 6.45) is 1.82. The summed E-state index contributed by atoms with van der Waals surface area (Å²) >= 11 is 1.54. The number of hydrogen-bond acceptors (Lipinski definition) is 5. The summed E-state index contributed by atoms with van der Waals surface area (Å²) in [5.41, 5.74) is 4.47. The summed E-state index contributed by atoms with van der Waals surface area (Å²) in [6, 6.07) is 14.2. The van der Waals surface area contributed by atoms with Crippen LogP contribution in [-0.2, 0) is 14.3 Å². The maximum absolute atomic E-state index is 12.6. The Labute approximate surface area is 191 Å². The molecule has 1 aliphatic rings. The van der Waals surface area contributed by atoms with Crippen molar-refractivity contribution in [2.45, 2.75) is 37.8 Å². The lowest BCUT2D eigenvalue weighted by atomic mass is 9.98. The molecule has 0 heterocycles. The average molecular weight is 457 g/mol.